The lowest BCUT2D eigenvalue weighted by Crippen LogP contribution is -2.17. The Balaban J connectivity index is 2.40. The number of ether oxygens (including phenoxy) is 1. The minimum Gasteiger partial charge on any atom is -0.453 e. The topological polar surface area (TPSA) is 26.3 Å². The number of rotatable bonds is 2. The van der Waals surface area contributed by atoms with Crippen LogP contribution in [0.1, 0.15) is 19.3 Å². The van der Waals surface area contributed by atoms with Crippen LogP contribution in [-0.4, -0.2) is 12.1 Å². The average molecular weight is 170 g/mol. The van der Waals surface area contributed by atoms with Gasteiger partial charge in [0.1, 0.15) is 6.10 Å². The molecule has 1 atom stereocenters. The summed E-state index contributed by atoms with van der Waals surface area (Å²) in [6, 6.07) is 0. The Bertz CT molecular complexity index is 221. The summed E-state index contributed by atoms with van der Waals surface area (Å²) in [6.45, 7) is 2.86. The fraction of sp³-hybridized carbons (Fsp3) is 0.444. The molecule has 12 heavy (non-hydrogen) atoms. The van der Waals surface area contributed by atoms with Gasteiger partial charge in [-0.3, -0.25) is 0 Å². The molecule has 2 nitrogen and oxygen atoms in total. The van der Waals surface area contributed by atoms with Gasteiger partial charge in [-0.25, -0.2) is 4.79 Å². The maximum atomic E-state index is 12.2. The van der Waals surface area contributed by atoms with E-state index in [2.05, 4.69) is 6.58 Å². The van der Waals surface area contributed by atoms with E-state index >= 15 is 0 Å². The van der Waals surface area contributed by atoms with E-state index in [1.54, 1.807) is 6.08 Å². The second-order valence-corrected chi connectivity index (χ2v) is 2.71. The number of halogens is 1. The third kappa shape index (κ3) is 2.49. The molecule has 0 saturated heterocycles. The number of carbonyl (C=O) groups is 1. The van der Waals surface area contributed by atoms with E-state index in [0.29, 0.717) is 0 Å². The summed E-state index contributed by atoms with van der Waals surface area (Å²) in [5.41, 5.74) is 0. The van der Waals surface area contributed by atoms with Crippen molar-refractivity contribution in [1.82, 2.24) is 0 Å². The SMILES string of the molecule is C=C(F)C(=O)OC1C=CCCC1. The second kappa shape index (κ2) is 4.04. The maximum Gasteiger partial charge on any atom is 0.367 e. The molecule has 0 heterocycles. The van der Waals surface area contributed by atoms with Crippen LogP contribution in [0.3, 0.4) is 0 Å². The van der Waals surface area contributed by atoms with Crippen LogP contribution in [0, 0.1) is 0 Å². The average Bonchev–Trinajstić information content (AvgIpc) is 2.06. The van der Waals surface area contributed by atoms with Crippen LogP contribution in [0.25, 0.3) is 0 Å². The van der Waals surface area contributed by atoms with Gasteiger partial charge in [-0.15, -0.1) is 0 Å². The minimum atomic E-state index is -1.03. The molecule has 0 radical (unpaired) electrons. The minimum absolute atomic E-state index is 0.265. The van der Waals surface area contributed by atoms with Gasteiger partial charge in [-0.05, 0) is 25.3 Å². The molecule has 0 aromatic heterocycles. The predicted octanol–water partition coefficient (Wildman–Crippen LogP) is 2.12. The summed E-state index contributed by atoms with van der Waals surface area (Å²) in [6.07, 6.45) is 6.21. The van der Waals surface area contributed by atoms with E-state index in [4.69, 9.17) is 4.74 Å². The van der Waals surface area contributed by atoms with E-state index in [9.17, 15) is 9.18 Å². The molecule has 0 aliphatic heterocycles. The number of hydrogen-bond donors (Lipinski definition) is 0. The first-order valence-corrected chi connectivity index (χ1v) is 3.92. The first kappa shape index (κ1) is 8.97. The highest BCUT2D eigenvalue weighted by atomic mass is 19.1. The van der Waals surface area contributed by atoms with Crippen LogP contribution in [0.2, 0.25) is 0 Å². The zero-order chi connectivity index (χ0) is 8.97. The number of hydrogen-bond acceptors (Lipinski definition) is 2. The van der Waals surface area contributed by atoms with Crippen LogP contribution < -0.4 is 0 Å². The quantitative estimate of drug-likeness (QED) is 0.360. The highest BCUT2D eigenvalue weighted by Gasteiger charge is 2.15. The van der Waals surface area contributed by atoms with Crippen molar-refractivity contribution in [2.24, 2.45) is 0 Å². The molecular weight excluding hydrogens is 159 g/mol. The smallest absolute Gasteiger partial charge is 0.367 e. The maximum absolute atomic E-state index is 12.2. The monoisotopic (exact) mass is 170 g/mol. The van der Waals surface area contributed by atoms with Crippen LogP contribution in [0.15, 0.2) is 24.6 Å². The molecule has 1 unspecified atom stereocenters. The molecule has 0 saturated carbocycles. The fourth-order valence-electron chi connectivity index (χ4n) is 1.08. The summed E-state index contributed by atoms with van der Waals surface area (Å²) >= 11 is 0. The standard InChI is InChI=1S/C9H11FO2/c1-7(10)9(11)12-8-5-3-2-4-6-8/h3,5,8H,1-2,4,6H2. The lowest BCUT2D eigenvalue weighted by atomic mass is 10.1. The van der Waals surface area contributed by atoms with Crippen molar-refractivity contribution in [3.05, 3.63) is 24.6 Å². The third-order valence-corrected chi connectivity index (χ3v) is 1.69. The molecule has 0 fully saturated rings. The first-order chi connectivity index (χ1) is 5.70. The van der Waals surface area contributed by atoms with Crippen LogP contribution in [-0.2, 0) is 9.53 Å². The molecule has 0 aromatic carbocycles. The molecule has 0 spiro atoms. The largest absolute Gasteiger partial charge is 0.453 e. The van der Waals surface area contributed by atoms with Gasteiger partial charge in [-0.1, -0.05) is 12.7 Å². The Kier molecular flexibility index (Phi) is 3.02. The first-order valence-electron chi connectivity index (χ1n) is 3.92. The molecule has 3 heteroatoms. The van der Waals surface area contributed by atoms with Crippen molar-refractivity contribution in [2.45, 2.75) is 25.4 Å². The fourth-order valence-corrected chi connectivity index (χ4v) is 1.08. The molecular formula is C9H11FO2. The number of allylic oxidation sites excluding steroid dienone is 1. The Morgan fingerprint density at radius 1 is 1.67 bits per heavy atom. The van der Waals surface area contributed by atoms with E-state index in [-0.39, 0.29) is 6.10 Å². The van der Waals surface area contributed by atoms with E-state index < -0.39 is 11.8 Å². The van der Waals surface area contributed by atoms with Crippen molar-refractivity contribution >= 4 is 5.97 Å². The highest BCUT2D eigenvalue weighted by molar-refractivity contribution is 5.85. The lowest BCUT2D eigenvalue weighted by molar-refractivity contribution is -0.144. The molecule has 0 bridgehead atoms. The highest BCUT2D eigenvalue weighted by Crippen LogP contribution is 2.14. The molecule has 66 valence electrons. The van der Waals surface area contributed by atoms with Gasteiger partial charge in [0.15, 0.2) is 0 Å². The molecule has 0 aromatic rings. The Hall–Kier alpha value is -1.12. The summed E-state index contributed by atoms with van der Waals surface area (Å²) < 4.78 is 16.9. The summed E-state index contributed by atoms with van der Waals surface area (Å²) in [7, 11) is 0. The molecule has 0 amide bonds. The third-order valence-electron chi connectivity index (χ3n) is 1.69. The van der Waals surface area contributed by atoms with E-state index in [1.807, 2.05) is 6.08 Å². The lowest BCUT2D eigenvalue weighted by Gasteiger charge is -2.15. The Morgan fingerprint density at radius 3 is 2.92 bits per heavy atom. The van der Waals surface area contributed by atoms with E-state index in [0.717, 1.165) is 19.3 Å². The molecule has 1 aliphatic rings. The van der Waals surface area contributed by atoms with Crippen molar-refractivity contribution in [3.63, 3.8) is 0 Å². The van der Waals surface area contributed by atoms with Gasteiger partial charge < -0.3 is 4.74 Å². The number of carbonyl (C=O) groups excluding carboxylic acids is 1. The predicted molar refractivity (Wildman–Crippen MR) is 43.1 cm³/mol. The van der Waals surface area contributed by atoms with Gasteiger partial charge in [-0.2, -0.15) is 4.39 Å². The molecule has 1 aliphatic carbocycles. The van der Waals surface area contributed by atoms with Crippen molar-refractivity contribution in [1.29, 1.82) is 0 Å². The Morgan fingerprint density at radius 2 is 2.42 bits per heavy atom. The normalized spacial score (nSPS) is 21.9. The van der Waals surface area contributed by atoms with Crippen LogP contribution >= 0.6 is 0 Å². The van der Waals surface area contributed by atoms with Gasteiger partial charge >= 0.3 is 5.97 Å². The van der Waals surface area contributed by atoms with Gasteiger partial charge in [0, 0.05) is 0 Å². The number of esters is 1. The summed E-state index contributed by atoms with van der Waals surface area (Å²) in [5, 5.41) is 0. The zero-order valence-corrected chi connectivity index (χ0v) is 6.75. The molecule has 0 N–H and O–H groups in total. The van der Waals surface area contributed by atoms with Crippen LogP contribution in [0.5, 0.6) is 0 Å². The van der Waals surface area contributed by atoms with Gasteiger partial charge in [0.25, 0.3) is 0 Å². The molecule has 1 rings (SSSR count). The van der Waals surface area contributed by atoms with Crippen molar-refractivity contribution < 1.29 is 13.9 Å². The zero-order valence-electron chi connectivity index (χ0n) is 6.75. The van der Waals surface area contributed by atoms with E-state index in [1.165, 1.54) is 0 Å². The second-order valence-electron chi connectivity index (χ2n) is 2.71. The van der Waals surface area contributed by atoms with Gasteiger partial charge in [0.05, 0.1) is 0 Å². The van der Waals surface area contributed by atoms with Crippen molar-refractivity contribution in [3.8, 4) is 0 Å². The summed E-state index contributed by atoms with van der Waals surface area (Å²) in [4.78, 5) is 10.7. The van der Waals surface area contributed by atoms with Crippen molar-refractivity contribution in [2.75, 3.05) is 0 Å². The van der Waals surface area contributed by atoms with Gasteiger partial charge in [0.2, 0.25) is 5.83 Å². The van der Waals surface area contributed by atoms with Crippen LogP contribution in [0.4, 0.5) is 4.39 Å². The Labute approximate surface area is 70.7 Å². The summed E-state index contributed by atoms with van der Waals surface area (Å²) in [5.74, 6) is -1.99.